The zero-order valence-electron chi connectivity index (χ0n) is 20.5. The maximum absolute atomic E-state index is 11.6. The number of hydrogen-bond donors (Lipinski definition) is 1. The minimum atomic E-state index is -0.702. The Hall–Kier alpha value is -5.07. The minimum absolute atomic E-state index is 0.00447. The number of nitrogens with one attached hydrogen (secondary N) is 1. The standard InChI is InChI=1S/C29H22ClN5O4/c30-23-13-11-21(12-14-23)26(19-31)25(20-7-3-1-4-8-20)18-28(22-9-5-2-6-10-22)33-32-27-16-15-24(34(36)37)17-29(27)35(38)39/h1-17,25-26,32H,18H2. The van der Waals surface area contributed by atoms with E-state index in [-0.39, 0.29) is 11.6 Å². The van der Waals surface area contributed by atoms with Crippen LogP contribution < -0.4 is 5.43 Å². The number of non-ortho nitro benzene ring substituents is 1. The van der Waals surface area contributed by atoms with Crippen LogP contribution in [0.3, 0.4) is 0 Å². The zero-order valence-corrected chi connectivity index (χ0v) is 21.2. The van der Waals surface area contributed by atoms with Gasteiger partial charge in [0.2, 0.25) is 0 Å². The minimum Gasteiger partial charge on any atom is -0.271 e. The van der Waals surface area contributed by atoms with Crippen molar-refractivity contribution < 1.29 is 9.85 Å². The summed E-state index contributed by atoms with van der Waals surface area (Å²) in [4.78, 5) is 21.4. The molecule has 39 heavy (non-hydrogen) atoms. The molecule has 4 rings (SSSR count). The summed E-state index contributed by atoms with van der Waals surface area (Å²) in [5.74, 6) is -0.878. The topological polar surface area (TPSA) is 134 Å². The number of nitro benzene ring substituents is 2. The van der Waals surface area contributed by atoms with Crippen molar-refractivity contribution in [1.82, 2.24) is 0 Å². The van der Waals surface area contributed by atoms with Gasteiger partial charge in [-0.25, -0.2) is 0 Å². The second-order valence-corrected chi connectivity index (χ2v) is 9.07. The second kappa shape index (κ2) is 12.4. The molecular formula is C29H22ClN5O4. The Balaban J connectivity index is 1.78. The SMILES string of the molecule is N#CC(c1ccc(Cl)cc1)C(CC(=NNc1ccc([N+](=O)[O-])cc1[N+](=O)[O-])c1ccccc1)c1ccccc1. The van der Waals surface area contributed by atoms with Crippen LogP contribution in [-0.4, -0.2) is 15.6 Å². The van der Waals surface area contributed by atoms with E-state index in [2.05, 4.69) is 16.6 Å². The molecule has 4 aromatic carbocycles. The molecule has 4 aromatic rings. The molecule has 0 heterocycles. The first-order chi connectivity index (χ1) is 18.9. The number of benzene rings is 4. The fourth-order valence-corrected chi connectivity index (χ4v) is 4.40. The molecule has 9 nitrogen and oxygen atoms in total. The summed E-state index contributed by atoms with van der Waals surface area (Å²) in [5, 5.41) is 38.1. The third-order valence-electron chi connectivity index (χ3n) is 6.22. The van der Waals surface area contributed by atoms with Crippen molar-refractivity contribution in [3.63, 3.8) is 0 Å². The van der Waals surface area contributed by atoms with E-state index < -0.39 is 27.1 Å². The number of hydrazone groups is 1. The van der Waals surface area contributed by atoms with Gasteiger partial charge < -0.3 is 0 Å². The smallest absolute Gasteiger partial charge is 0.271 e. The largest absolute Gasteiger partial charge is 0.301 e. The van der Waals surface area contributed by atoms with Crippen LogP contribution in [0.25, 0.3) is 0 Å². The van der Waals surface area contributed by atoms with Gasteiger partial charge in [0.25, 0.3) is 5.69 Å². The van der Waals surface area contributed by atoms with Crippen molar-refractivity contribution >= 4 is 34.4 Å². The van der Waals surface area contributed by atoms with Crippen molar-refractivity contribution in [2.24, 2.45) is 5.10 Å². The lowest BCUT2D eigenvalue weighted by Crippen LogP contribution is -2.17. The number of nitrogens with zero attached hydrogens (tertiary/aromatic N) is 4. The quantitative estimate of drug-likeness (QED) is 0.126. The molecule has 2 unspecified atom stereocenters. The molecule has 194 valence electrons. The summed E-state index contributed by atoms with van der Waals surface area (Å²) in [6.45, 7) is 0. The molecule has 0 aliphatic rings. The third-order valence-corrected chi connectivity index (χ3v) is 6.47. The van der Waals surface area contributed by atoms with Crippen LogP contribution in [0, 0.1) is 31.6 Å². The lowest BCUT2D eigenvalue weighted by Gasteiger charge is -2.24. The molecule has 2 atom stereocenters. The Morgan fingerprint density at radius 2 is 1.51 bits per heavy atom. The average Bonchev–Trinajstić information content (AvgIpc) is 2.96. The Labute approximate surface area is 229 Å². The molecule has 0 aliphatic heterocycles. The van der Waals surface area contributed by atoms with Crippen LogP contribution in [0.2, 0.25) is 5.02 Å². The van der Waals surface area contributed by atoms with Gasteiger partial charge in [0.15, 0.2) is 0 Å². The number of nitro groups is 2. The van der Waals surface area contributed by atoms with Gasteiger partial charge in [0, 0.05) is 23.4 Å². The molecule has 1 N–H and O–H groups in total. The molecule has 0 saturated carbocycles. The molecule has 0 aromatic heterocycles. The van der Waals surface area contributed by atoms with E-state index in [4.69, 9.17) is 11.6 Å². The summed E-state index contributed by atoms with van der Waals surface area (Å²) in [6.07, 6.45) is 0.308. The molecule has 0 spiro atoms. The van der Waals surface area contributed by atoms with Gasteiger partial charge in [0.1, 0.15) is 5.69 Å². The number of hydrogen-bond acceptors (Lipinski definition) is 7. The van der Waals surface area contributed by atoms with Crippen molar-refractivity contribution in [3.8, 4) is 6.07 Å². The highest BCUT2D eigenvalue weighted by atomic mass is 35.5. The highest BCUT2D eigenvalue weighted by molar-refractivity contribution is 6.30. The van der Waals surface area contributed by atoms with Gasteiger partial charge in [-0.15, -0.1) is 0 Å². The van der Waals surface area contributed by atoms with E-state index in [9.17, 15) is 25.5 Å². The highest BCUT2D eigenvalue weighted by Gasteiger charge is 2.27. The van der Waals surface area contributed by atoms with Gasteiger partial charge >= 0.3 is 5.69 Å². The normalized spacial score (nSPS) is 12.7. The molecule has 0 fully saturated rings. The van der Waals surface area contributed by atoms with Crippen molar-refractivity contribution in [2.45, 2.75) is 18.3 Å². The van der Waals surface area contributed by atoms with Crippen LogP contribution in [0.4, 0.5) is 17.1 Å². The van der Waals surface area contributed by atoms with Gasteiger partial charge in [-0.05, 0) is 34.9 Å². The maximum atomic E-state index is 11.6. The molecule has 0 saturated heterocycles. The lowest BCUT2D eigenvalue weighted by atomic mass is 9.78. The summed E-state index contributed by atoms with van der Waals surface area (Å²) in [5.41, 5.74) is 4.89. The summed E-state index contributed by atoms with van der Waals surface area (Å²) in [6, 6.07) is 31.7. The van der Waals surface area contributed by atoms with E-state index in [0.29, 0.717) is 17.2 Å². The van der Waals surface area contributed by atoms with Crippen LogP contribution in [0.1, 0.15) is 34.9 Å². The number of rotatable bonds is 10. The van der Waals surface area contributed by atoms with Crippen LogP contribution >= 0.6 is 11.6 Å². The van der Waals surface area contributed by atoms with Crippen LogP contribution in [-0.2, 0) is 0 Å². The first kappa shape index (κ1) is 27.0. The van der Waals surface area contributed by atoms with Gasteiger partial charge in [-0.2, -0.15) is 10.4 Å². The van der Waals surface area contributed by atoms with Crippen molar-refractivity contribution in [2.75, 3.05) is 5.43 Å². The molecule has 0 amide bonds. The summed E-state index contributed by atoms with van der Waals surface area (Å²) < 4.78 is 0. The monoisotopic (exact) mass is 539 g/mol. The summed E-state index contributed by atoms with van der Waals surface area (Å²) in [7, 11) is 0. The molecular weight excluding hydrogens is 518 g/mol. The predicted molar refractivity (Wildman–Crippen MR) is 150 cm³/mol. The van der Waals surface area contributed by atoms with Gasteiger partial charge in [0.05, 0.1) is 33.6 Å². The fraction of sp³-hybridized carbons (Fsp3) is 0.103. The first-order valence-corrected chi connectivity index (χ1v) is 12.3. The van der Waals surface area contributed by atoms with E-state index >= 15 is 0 Å². The Kier molecular flexibility index (Phi) is 8.61. The first-order valence-electron chi connectivity index (χ1n) is 11.9. The summed E-state index contributed by atoms with van der Waals surface area (Å²) >= 11 is 6.09. The van der Waals surface area contributed by atoms with E-state index in [1.165, 1.54) is 12.1 Å². The van der Waals surface area contributed by atoms with E-state index in [1.807, 2.05) is 72.8 Å². The lowest BCUT2D eigenvalue weighted by molar-refractivity contribution is -0.393. The molecule has 0 bridgehead atoms. The molecule has 0 radical (unpaired) electrons. The fourth-order valence-electron chi connectivity index (χ4n) is 4.27. The van der Waals surface area contributed by atoms with Gasteiger partial charge in [-0.3, -0.25) is 25.7 Å². The van der Waals surface area contributed by atoms with Crippen LogP contribution in [0.15, 0.2) is 108 Å². The predicted octanol–water partition coefficient (Wildman–Crippen LogP) is 7.45. The zero-order chi connectivity index (χ0) is 27.8. The maximum Gasteiger partial charge on any atom is 0.301 e. The van der Waals surface area contributed by atoms with Crippen molar-refractivity contribution in [3.05, 3.63) is 145 Å². The number of halogens is 1. The van der Waals surface area contributed by atoms with E-state index in [1.54, 1.807) is 12.1 Å². The van der Waals surface area contributed by atoms with Crippen LogP contribution in [0.5, 0.6) is 0 Å². The number of nitriles is 1. The Bertz CT molecular complexity index is 1540. The van der Waals surface area contributed by atoms with E-state index in [0.717, 1.165) is 22.8 Å². The molecule has 10 heteroatoms. The number of anilines is 1. The Morgan fingerprint density at radius 3 is 2.10 bits per heavy atom. The van der Waals surface area contributed by atoms with Crippen molar-refractivity contribution in [1.29, 1.82) is 5.26 Å². The average molecular weight is 540 g/mol. The highest BCUT2D eigenvalue weighted by Crippen LogP contribution is 2.37. The second-order valence-electron chi connectivity index (χ2n) is 8.63. The van der Waals surface area contributed by atoms with Gasteiger partial charge in [-0.1, -0.05) is 84.4 Å². The Morgan fingerprint density at radius 1 is 0.872 bits per heavy atom. The molecule has 0 aliphatic carbocycles. The third kappa shape index (κ3) is 6.63.